The van der Waals surface area contributed by atoms with E-state index in [-0.39, 0.29) is 36.4 Å². The molecule has 51 heavy (non-hydrogen) atoms. The van der Waals surface area contributed by atoms with Crippen LogP contribution in [-0.2, 0) is 52.2 Å². The lowest BCUT2D eigenvalue weighted by atomic mass is 10.2. The van der Waals surface area contributed by atoms with E-state index in [1.807, 2.05) is 90.0 Å². The highest BCUT2D eigenvalue weighted by Crippen LogP contribution is 2.07. The largest absolute Gasteiger partial charge is 0.480 e. The van der Waals surface area contributed by atoms with Gasteiger partial charge in [0.05, 0.1) is 102 Å². The van der Waals surface area contributed by atoms with Gasteiger partial charge in [0.1, 0.15) is 6.61 Å². The second-order valence-electron chi connectivity index (χ2n) is 14.9. The van der Waals surface area contributed by atoms with Crippen molar-refractivity contribution in [2.45, 2.75) is 147 Å². The maximum atomic E-state index is 10.1. The van der Waals surface area contributed by atoms with Gasteiger partial charge in [-0.3, -0.25) is 0 Å². The molecular weight excluding hydrogens is 660 g/mol. The molecule has 0 atom stereocenters. The molecule has 0 radical (unpaired) electrons. The van der Waals surface area contributed by atoms with Crippen LogP contribution in [-0.4, -0.2) is 139 Å². The average molecular weight is 747 g/mol. The zero-order chi connectivity index (χ0) is 39.4. The smallest absolute Gasteiger partial charge is 0.329 e. The van der Waals surface area contributed by atoms with E-state index in [1.165, 1.54) is 0 Å². The monoisotopic (exact) mass is 747 g/mol. The summed E-state index contributed by atoms with van der Waals surface area (Å²) in [5, 5.41) is 8.26. The van der Waals surface area contributed by atoms with Gasteiger partial charge in [-0.15, -0.1) is 0 Å². The number of carboxylic acid groups (broad SMARTS) is 1. The molecule has 1 N–H and O–H groups in total. The standard InChI is InChI=1S/C11H24O3.C10H20O5.C9H20O2.C8H18O2.CH4/c1-5-6-12-7-8-13-9-10-14-11(2,3)4;1-10(2,3)15-7-6-13-4-5-14-8-9(11)12;1-5-6-10-7-8-11-9(2,3)4;1-5-9-6-7-10-8(2,3)4;/h5-10H2,1-4H3;4-8H2,1-3H3,(H,11,12);5-8H2,1-4H3;5-7H2,1-4H3;1H4. The van der Waals surface area contributed by atoms with Gasteiger partial charge in [0, 0.05) is 19.8 Å². The van der Waals surface area contributed by atoms with E-state index in [1.54, 1.807) is 0 Å². The van der Waals surface area contributed by atoms with Gasteiger partial charge in [-0.05, 0) is 103 Å². The molecule has 0 bridgehead atoms. The van der Waals surface area contributed by atoms with Crippen LogP contribution in [0.1, 0.15) is 124 Å². The highest BCUT2D eigenvalue weighted by molar-refractivity contribution is 5.67. The summed E-state index contributed by atoms with van der Waals surface area (Å²) in [6.45, 7) is 39.8. The Bertz CT molecular complexity index is 678. The first kappa shape index (κ1) is 59.4. The maximum absolute atomic E-state index is 10.1. The molecule has 0 unspecified atom stereocenters. The Morgan fingerprint density at radius 3 is 0.863 bits per heavy atom. The summed E-state index contributed by atoms with van der Waals surface area (Å²) in [6.07, 6.45) is 2.14. The topological polar surface area (TPSA) is 130 Å². The summed E-state index contributed by atoms with van der Waals surface area (Å²) in [5.41, 5.74) is -0.280. The number of hydrogen-bond donors (Lipinski definition) is 1. The van der Waals surface area contributed by atoms with E-state index in [0.717, 1.165) is 32.7 Å². The predicted molar refractivity (Wildman–Crippen MR) is 208 cm³/mol. The van der Waals surface area contributed by atoms with Gasteiger partial charge < -0.3 is 52.5 Å². The molecule has 0 saturated carbocycles. The highest BCUT2D eigenvalue weighted by Gasteiger charge is 2.11. The minimum absolute atomic E-state index is 0. The second-order valence-corrected chi connectivity index (χ2v) is 14.9. The first-order valence-corrected chi connectivity index (χ1v) is 18.3. The molecule has 0 aliphatic heterocycles. The van der Waals surface area contributed by atoms with Crippen molar-refractivity contribution in [2.75, 3.05) is 106 Å². The Labute approximate surface area is 315 Å². The van der Waals surface area contributed by atoms with Crippen molar-refractivity contribution < 1.29 is 57.3 Å². The highest BCUT2D eigenvalue weighted by atomic mass is 16.6. The third-order valence-electron chi connectivity index (χ3n) is 4.92. The minimum Gasteiger partial charge on any atom is -0.480 e. The van der Waals surface area contributed by atoms with Crippen LogP contribution >= 0.6 is 0 Å². The van der Waals surface area contributed by atoms with Crippen LogP contribution < -0.4 is 0 Å². The van der Waals surface area contributed by atoms with Gasteiger partial charge in [0.25, 0.3) is 0 Å². The molecule has 314 valence electrons. The van der Waals surface area contributed by atoms with Crippen LogP contribution in [0.3, 0.4) is 0 Å². The lowest BCUT2D eigenvalue weighted by Gasteiger charge is -2.19. The van der Waals surface area contributed by atoms with Crippen molar-refractivity contribution in [3.05, 3.63) is 0 Å². The van der Waals surface area contributed by atoms with Crippen LogP contribution in [0, 0.1) is 0 Å². The van der Waals surface area contributed by atoms with Gasteiger partial charge in [0.15, 0.2) is 0 Å². The van der Waals surface area contributed by atoms with Gasteiger partial charge in [-0.2, -0.15) is 0 Å². The van der Waals surface area contributed by atoms with Crippen molar-refractivity contribution in [1.82, 2.24) is 0 Å². The molecule has 12 heteroatoms. The summed E-state index contributed by atoms with van der Waals surface area (Å²) in [5.74, 6) is -0.967. The van der Waals surface area contributed by atoms with Crippen LogP contribution in [0.2, 0.25) is 0 Å². The molecule has 0 rings (SSSR count). The van der Waals surface area contributed by atoms with E-state index < -0.39 is 5.97 Å². The first-order valence-electron chi connectivity index (χ1n) is 18.3. The third-order valence-corrected chi connectivity index (χ3v) is 4.92. The van der Waals surface area contributed by atoms with E-state index >= 15 is 0 Å². The quantitative estimate of drug-likeness (QED) is 0.0913. The molecule has 0 fully saturated rings. The first-order chi connectivity index (χ1) is 23.1. The van der Waals surface area contributed by atoms with Crippen molar-refractivity contribution in [3.8, 4) is 0 Å². The maximum Gasteiger partial charge on any atom is 0.329 e. The van der Waals surface area contributed by atoms with E-state index in [2.05, 4.69) is 13.8 Å². The Morgan fingerprint density at radius 2 is 0.627 bits per heavy atom. The van der Waals surface area contributed by atoms with Crippen LogP contribution in [0.4, 0.5) is 0 Å². The summed E-state index contributed by atoms with van der Waals surface area (Å²) in [6, 6.07) is 0. The van der Waals surface area contributed by atoms with Crippen LogP contribution in [0.5, 0.6) is 0 Å². The summed E-state index contributed by atoms with van der Waals surface area (Å²) in [7, 11) is 0. The van der Waals surface area contributed by atoms with Crippen molar-refractivity contribution in [3.63, 3.8) is 0 Å². The number of carbonyl (C=O) groups is 1. The molecule has 0 amide bonds. The fourth-order valence-corrected chi connectivity index (χ4v) is 2.86. The van der Waals surface area contributed by atoms with E-state index in [9.17, 15) is 4.79 Å². The fourth-order valence-electron chi connectivity index (χ4n) is 2.86. The Kier molecular flexibility index (Phi) is 45.1. The average Bonchev–Trinajstić information content (AvgIpc) is 2.97. The number of rotatable bonds is 25. The SMILES string of the molecule is C.CC(C)(C)OCCOCCOCC(=O)O.CCCOCCOC(C)(C)C.CCCOCCOCCOC(C)(C)C.CCOCCOC(C)(C)C. The molecule has 0 saturated heterocycles. The van der Waals surface area contributed by atoms with Crippen molar-refractivity contribution >= 4 is 5.97 Å². The van der Waals surface area contributed by atoms with Gasteiger partial charge in [-0.25, -0.2) is 4.79 Å². The molecule has 0 aromatic rings. The fraction of sp³-hybridized carbons (Fsp3) is 0.974. The molecule has 0 heterocycles. The van der Waals surface area contributed by atoms with Gasteiger partial charge in [-0.1, -0.05) is 21.3 Å². The Morgan fingerprint density at radius 1 is 0.392 bits per heavy atom. The summed E-state index contributed by atoms with van der Waals surface area (Å²) in [4.78, 5) is 10.1. The number of ether oxygens (including phenoxy) is 10. The molecular formula is C39H86O12. The molecule has 0 aromatic heterocycles. The zero-order valence-corrected chi connectivity index (χ0v) is 35.2. The number of hydrogen-bond acceptors (Lipinski definition) is 11. The Balaban J connectivity index is -0.000000185. The van der Waals surface area contributed by atoms with E-state index in [4.69, 9.17) is 52.5 Å². The second kappa shape index (κ2) is 38.8. The zero-order valence-electron chi connectivity index (χ0n) is 35.2. The van der Waals surface area contributed by atoms with Gasteiger partial charge >= 0.3 is 5.97 Å². The lowest BCUT2D eigenvalue weighted by molar-refractivity contribution is -0.142. The summed E-state index contributed by atoms with van der Waals surface area (Å²) >= 11 is 0. The van der Waals surface area contributed by atoms with E-state index in [0.29, 0.717) is 79.3 Å². The molecule has 0 spiro atoms. The van der Waals surface area contributed by atoms with Crippen molar-refractivity contribution in [1.29, 1.82) is 0 Å². The van der Waals surface area contributed by atoms with Crippen molar-refractivity contribution in [2.24, 2.45) is 0 Å². The Hall–Kier alpha value is -0.930. The third kappa shape index (κ3) is 79.1. The summed E-state index contributed by atoms with van der Waals surface area (Å²) < 4.78 is 52.7. The molecule has 12 nitrogen and oxygen atoms in total. The predicted octanol–water partition coefficient (Wildman–Crippen LogP) is 7.87. The van der Waals surface area contributed by atoms with Crippen LogP contribution in [0.15, 0.2) is 0 Å². The molecule has 0 aliphatic rings. The molecule has 0 aliphatic carbocycles. The molecule has 0 aromatic carbocycles. The number of aliphatic carboxylic acids is 1. The normalized spacial score (nSPS) is 11.7. The lowest BCUT2D eigenvalue weighted by Crippen LogP contribution is -2.22. The number of carboxylic acids is 1. The van der Waals surface area contributed by atoms with Gasteiger partial charge in [0.2, 0.25) is 0 Å². The van der Waals surface area contributed by atoms with Crippen LogP contribution in [0.25, 0.3) is 0 Å². The minimum atomic E-state index is -0.967.